The molecule has 0 spiro atoms. The van der Waals surface area contributed by atoms with E-state index in [2.05, 4.69) is 91.9 Å². The Morgan fingerprint density at radius 2 is 1.75 bits per heavy atom. The monoisotopic (exact) mass is 559 g/mol. The van der Waals surface area contributed by atoms with Crippen LogP contribution in [0.1, 0.15) is 34.7 Å². The number of thiocarbonyl (C=S) groups is 1. The van der Waals surface area contributed by atoms with Gasteiger partial charge in [-0.2, -0.15) is 0 Å². The minimum absolute atomic E-state index is 0.00323. The average molecular weight is 559 g/mol. The first kappa shape index (κ1) is 21.7. The third-order valence-electron chi connectivity index (χ3n) is 6.24. The number of aryl methyl sites for hydroxylation is 2. The second-order valence-electron chi connectivity index (χ2n) is 8.22. The Kier molecular flexibility index (Phi) is 6.09. The van der Waals surface area contributed by atoms with Crippen LogP contribution in [0, 0.1) is 17.4 Å². The molecule has 2 atom stereocenters. The van der Waals surface area contributed by atoms with Crippen molar-refractivity contribution in [2.75, 3.05) is 36.1 Å². The van der Waals surface area contributed by atoms with Crippen molar-refractivity contribution in [3.8, 4) is 0 Å². The molecule has 2 aliphatic rings. The van der Waals surface area contributed by atoms with Crippen molar-refractivity contribution in [2.24, 2.45) is 0 Å². The van der Waals surface area contributed by atoms with Crippen molar-refractivity contribution in [1.29, 1.82) is 0 Å². The second-order valence-corrected chi connectivity index (χ2v) is 9.68. The number of anilines is 2. The Labute approximate surface area is 207 Å². The number of benzene rings is 1. The van der Waals surface area contributed by atoms with Gasteiger partial charge in [-0.3, -0.25) is 4.98 Å². The van der Waals surface area contributed by atoms with Crippen LogP contribution in [-0.4, -0.2) is 41.4 Å². The van der Waals surface area contributed by atoms with Crippen molar-refractivity contribution in [3.05, 3.63) is 74.9 Å². The maximum atomic E-state index is 5.88. The number of halogens is 1. The maximum Gasteiger partial charge on any atom is 0.174 e. The summed E-state index contributed by atoms with van der Waals surface area (Å²) in [6.45, 7) is 7.67. The smallest absolute Gasteiger partial charge is 0.174 e. The highest BCUT2D eigenvalue weighted by Gasteiger charge is 2.43. The normalized spacial score (nSPS) is 21.2. The summed E-state index contributed by atoms with van der Waals surface area (Å²) in [4.78, 5) is 12.8. The number of pyridine rings is 1. The molecule has 2 fully saturated rings. The zero-order valence-corrected chi connectivity index (χ0v) is 21.1. The molecule has 2 N–H and O–H groups in total. The topological polar surface area (TPSA) is 56.4 Å². The van der Waals surface area contributed by atoms with Gasteiger partial charge in [-0.15, -0.1) is 0 Å². The van der Waals surface area contributed by atoms with E-state index in [1.165, 1.54) is 26.2 Å². The van der Waals surface area contributed by atoms with Gasteiger partial charge in [0.2, 0.25) is 0 Å². The van der Waals surface area contributed by atoms with Gasteiger partial charge in [0.1, 0.15) is 0 Å². The van der Waals surface area contributed by atoms with E-state index in [0.29, 0.717) is 0 Å². The third-order valence-corrected chi connectivity index (χ3v) is 7.95. The Balaban J connectivity index is 1.56. The van der Waals surface area contributed by atoms with Crippen LogP contribution in [0.4, 0.5) is 11.4 Å². The molecule has 0 bridgehead atoms. The standard InChI is InChI=1S/C24H26IN5OS/c1-15-20(21(25)16(2)27-15)23-22(19-5-3-4-10-26-19)28-24(32)30(23)18-8-6-17(7-9-18)29-11-13-31-14-12-29/h3-10,22-23,27H,11-14H2,1-2H3,(H,28,32)/t22-,23+/m1/s1. The second kappa shape index (κ2) is 8.99. The average Bonchev–Trinajstić information content (AvgIpc) is 3.29. The molecule has 8 heteroatoms. The van der Waals surface area contributed by atoms with Crippen molar-refractivity contribution in [2.45, 2.75) is 25.9 Å². The van der Waals surface area contributed by atoms with E-state index in [1.54, 1.807) is 0 Å². The summed E-state index contributed by atoms with van der Waals surface area (Å²) < 4.78 is 6.74. The zero-order chi connectivity index (χ0) is 22.2. The molecular formula is C24H26IN5OS. The molecule has 2 aromatic heterocycles. The van der Waals surface area contributed by atoms with Crippen molar-refractivity contribution in [1.82, 2.24) is 15.3 Å². The van der Waals surface area contributed by atoms with E-state index in [0.717, 1.165) is 42.8 Å². The molecule has 0 amide bonds. The summed E-state index contributed by atoms with van der Waals surface area (Å²) >= 11 is 8.32. The molecule has 0 aliphatic carbocycles. The number of rotatable bonds is 4. The Hall–Kier alpha value is -2.17. The van der Waals surface area contributed by atoms with Crippen LogP contribution in [0.3, 0.4) is 0 Å². The minimum atomic E-state index is -0.0370. The first-order chi connectivity index (χ1) is 15.5. The number of hydrogen-bond acceptors (Lipinski definition) is 4. The molecule has 2 aliphatic heterocycles. The molecule has 0 saturated carbocycles. The fourth-order valence-electron chi connectivity index (χ4n) is 4.69. The molecule has 4 heterocycles. The van der Waals surface area contributed by atoms with Crippen LogP contribution < -0.4 is 15.1 Å². The number of ether oxygens (including phenoxy) is 1. The number of nitrogens with one attached hydrogen (secondary N) is 2. The largest absolute Gasteiger partial charge is 0.378 e. The number of hydrogen-bond donors (Lipinski definition) is 2. The van der Waals surface area contributed by atoms with Crippen molar-refractivity contribution >= 4 is 51.3 Å². The van der Waals surface area contributed by atoms with Crippen LogP contribution in [-0.2, 0) is 4.74 Å². The first-order valence-electron chi connectivity index (χ1n) is 10.8. The van der Waals surface area contributed by atoms with E-state index in [1.807, 2.05) is 18.3 Å². The Morgan fingerprint density at radius 3 is 2.38 bits per heavy atom. The summed E-state index contributed by atoms with van der Waals surface area (Å²) in [5.74, 6) is 0. The van der Waals surface area contributed by atoms with E-state index in [4.69, 9.17) is 17.0 Å². The summed E-state index contributed by atoms with van der Waals surface area (Å²) in [7, 11) is 0. The fourth-order valence-corrected chi connectivity index (χ4v) is 5.90. The van der Waals surface area contributed by atoms with Gasteiger partial charge in [-0.05, 0) is 85.1 Å². The van der Waals surface area contributed by atoms with Gasteiger partial charge in [0, 0.05) is 51.2 Å². The number of nitrogens with zero attached hydrogens (tertiary/aromatic N) is 3. The van der Waals surface area contributed by atoms with Gasteiger partial charge >= 0.3 is 0 Å². The SMILES string of the molecule is Cc1[nH]c(C)c([C@H]2[C@@H](c3ccccn3)NC(=S)N2c2ccc(N3CCOCC3)cc2)c1I. The van der Waals surface area contributed by atoms with Crippen LogP contribution >= 0.6 is 34.8 Å². The van der Waals surface area contributed by atoms with Gasteiger partial charge in [0.05, 0.1) is 31.0 Å². The molecule has 5 rings (SSSR count). The summed E-state index contributed by atoms with van der Waals surface area (Å²) in [5.41, 5.74) is 6.90. The molecule has 3 aromatic rings. The molecule has 0 unspecified atom stereocenters. The third kappa shape index (κ3) is 3.88. The van der Waals surface area contributed by atoms with Crippen molar-refractivity contribution < 1.29 is 4.74 Å². The predicted molar refractivity (Wildman–Crippen MR) is 140 cm³/mol. The van der Waals surface area contributed by atoms with E-state index in [-0.39, 0.29) is 12.1 Å². The van der Waals surface area contributed by atoms with Gasteiger partial charge in [0.15, 0.2) is 5.11 Å². The number of aromatic amines is 1. The van der Waals surface area contributed by atoms with Crippen LogP contribution in [0.2, 0.25) is 0 Å². The van der Waals surface area contributed by atoms with Gasteiger partial charge < -0.3 is 24.8 Å². The molecule has 2 saturated heterocycles. The molecule has 6 nitrogen and oxygen atoms in total. The first-order valence-corrected chi connectivity index (χ1v) is 12.3. The molecular weight excluding hydrogens is 533 g/mol. The summed E-state index contributed by atoms with van der Waals surface area (Å²) in [6, 6.07) is 14.7. The number of morpholine rings is 1. The van der Waals surface area contributed by atoms with E-state index in [9.17, 15) is 0 Å². The lowest BCUT2D eigenvalue weighted by molar-refractivity contribution is 0.122. The highest BCUT2D eigenvalue weighted by atomic mass is 127. The van der Waals surface area contributed by atoms with Crippen LogP contribution in [0.25, 0.3) is 0 Å². The highest BCUT2D eigenvalue weighted by molar-refractivity contribution is 14.1. The molecule has 1 aromatic carbocycles. The number of aromatic nitrogens is 2. The highest BCUT2D eigenvalue weighted by Crippen LogP contribution is 2.44. The molecule has 166 valence electrons. The van der Waals surface area contributed by atoms with E-state index >= 15 is 0 Å². The van der Waals surface area contributed by atoms with Gasteiger partial charge in [-0.1, -0.05) is 6.07 Å². The molecule has 32 heavy (non-hydrogen) atoms. The zero-order valence-electron chi connectivity index (χ0n) is 18.1. The summed E-state index contributed by atoms with van der Waals surface area (Å²) in [6.07, 6.45) is 1.84. The fraction of sp³-hybridized carbons (Fsp3) is 0.333. The van der Waals surface area contributed by atoms with Crippen molar-refractivity contribution in [3.63, 3.8) is 0 Å². The van der Waals surface area contributed by atoms with Gasteiger partial charge in [-0.25, -0.2) is 0 Å². The van der Waals surface area contributed by atoms with Crippen LogP contribution in [0.5, 0.6) is 0 Å². The Morgan fingerprint density at radius 1 is 1.03 bits per heavy atom. The van der Waals surface area contributed by atoms with E-state index < -0.39 is 0 Å². The quantitative estimate of drug-likeness (QED) is 0.359. The van der Waals surface area contributed by atoms with Gasteiger partial charge in [0.25, 0.3) is 0 Å². The molecule has 0 radical (unpaired) electrons. The Bertz CT molecular complexity index is 1110. The van der Waals surface area contributed by atoms with Crippen LogP contribution in [0.15, 0.2) is 48.7 Å². The number of H-pyrrole nitrogens is 1. The minimum Gasteiger partial charge on any atom is -0.378 e. The maximum absolute atomic E-state index is 5.88. The lowest BCUT2D eigenvalue weighted by Gasteiger charge is -2.31. The predicted octanol–water partition coefficient (Wildman–Crippen LogP) is 4.64. The lowest BCUT2D eigenvalue weighted by Crippen LogP contribution is -2.36. The lowest BCUT2D eigenvalue weighted by atomic mass is 9.96. The summed E-state index contributed by atoms with van der Waals surface area (Å²) in [5, 5.41) is 4.28.